The molecule has 0 bridgehead atoms. The first kappa shape index (κ1) is 15.6. The number of hydrogen-bond acceptors (Lipinski definition) is 6. The van der Waals surface area contributed by atoms with Gasteiger partial charge in [0.05, 0.1) is 24.7 Å². The van der Waals surface area contributed by atoms with E-state index in [1.54, 1.807) is 0 Å². The number of aliphatic hydroxyl groups excluding tert-OH is 2. The van der Waals surface area contributed by atoms with E-state index in [9.17, 15) is 19.5 Å². The number of carbonyl (C=O) groups excluding carboxylic acids is 2. The van der Waals surface area contributed by atoms with Crippen LogP contribution in [0.2, 0.25) is 0 Å². The number of carboxylic acid groups (broad SMARTS) is 1. The monoisotopic (exact) mass is 301 g/mol. The standard InChI is InChI=1S/C12H16N2O7/c1-6-3-14(4-10(17)18,12(20)13-11(6)19)9-2-7(16)8(5-15)21-9/h3,7-9,15-16H,2,4-5H2,1H3,(H-,13,17,18,19,20)/p+1/t7-,8+,9+,14?/m0/s1. The van der Waals surface area contributed by atoms with Crippen LogP contribution in [0.1, 0.15) is 13.3 Å². The number of rotatable bonds is 4. The zero-order valence-corrected chi connectivity index (χ0v) is 11.4. The highest BCUT2D eigenvalue weighted by Gasteiger charge is 2.54. The number of nitrogens with one attached hydrogen (secondary N) is 1. The maximum Gasteiger partial charge on any atom is 0.430 e. The Bertz CT molecular complexity index is 518. The summed E-state index contributed by atoms with van der Waals surface area (Å²) in [4.78, 5) is 34.8. The van der Waals surface area contributed by atoms with Gasteiger partial charge in [-0.3, -0.25) is 4.79 Å². The second-order valence-electron chi connectivity index (χ2n) is 5.17. The fourth-order valence-electron chi connectivity index (χ4n) is 2.59. The number of imide groups is 1. The molecule has 2 aliphatic heterocycles. The summed E-state index contributed by atoms with van der Waals surface area (Å²) in [7, 11) is 0. The fraction of sp³-hybridized carbons (Fsp3) is 0.583. The Morgan fingerprint density at radius 3 is 2.71 bits per heavy atom. The van der Waals surface area contributed by atoms with Crippen molar-refractivity contribution < 1.29 is 38.9 Å². The molecule has 2 heterocycles. The van der Waals surface area contributed by atoms with Crippen LogP contribution in [0.25, 0.3) is 0 Å². The second kappa shape index (κ2) is 5.53. The van der Waals surface area contributed by atoms with E-state index in [0.717, 1.165) is 0 Å². The highest BCUT2D eigenvalue weighted by Crippen LogP contribution is 2.32. The molecule has 0 aromatic heterocycles. The Hall–Kier alpha value is -1.81. The molecule has 1 unspecified atom stereocenters. The molecule has 3 amide bonds. The number of carbonyl (C=O) groups is 3. The van der Waals surface area contributed by atoms with E-state index in [0.29, 0.717) is 0 Å². The lowest BCUT2D eigenvalue weighted by molar-refractivity contribution is -0.845. The minimum absolute atomic E-state index is 0.0239. The van der Waals surface area contributed by atoms with Crippen LogP contribution in [-0.2, 0) is 14.3 Å². The molecular weight excluding hydrogens is 284 g/mol. The number of quaternary nitrogens is 1. The first-order valence-electron chi connectivity index (χ1n) is 6.39. The molecule has 1 saturated heterocycles. The van der Waals surface area contributed by atoms with Crippen LogP contribution in [0.3, 0.4) is 0 Å². The van der Waals surface area contributed by atoms with Crippen molar-refractivity contribution in [3.63, 3.8) is 0 Å². The number of amides is 3. The zero-order chi connectivity index (χ0) is 15.8. The topological polar surface area (TPSA) is 133 Å². The summed E-state index contributed by atoms with van der Waals surface area (Å²) >= 11 is 0. The highest BCUT2D eigenvalue weighted by molar-refractivity contribution is 6.04. The SMILES string of the molecule is CC1=C[N+](CC(=O)O)([C@H]2C[C@H](O)[C@@H](CO)O2)C(=O)NC1=O. The van der Waals surface area contributed by atoms with Gasteiger partial charge in [-0.25, -0.2) is 14.9 Å². The summed E-state index contributed by atoms with van der Waals surface area (Å²) in [5.74, 6) is -1.86. The van der Waals surface area contributed by atoms with E-state index >= 15 is 0 Å². The first-order valence-corrected chi connectivity index (χ1v) is 6.39. The van der Waals surface area contributed by atoms with Gasteiger partial charge < -0.3 is 20.1 Å². The lowest BCUT2D eigenvalue weighted by Crippen LogP contribution is -2.64. The predicted octanol–water partition coefficient (Wildman–Crippen LogP) is -1.49. The zero-order valence-electron chi connectivity index (χ0n) is 11.4. The number of aliphatic carboxylic acids is 1. The van der Waals surface area contributed by atoms with E-state index in [2.05, 4.69) is 5.32 Å². The number of carboxylic acids is 1. The minimum Gasteiger partial charge on any atom is -0.477 e. The normalized spacial score (nSPS) is 36.3. The summed E-state index contributed by atoms with van der Waals surface area (Å²) in [6.07, 6.45) is -1.69. The molecule has 0 aromatic rings. The number of aliphatic hydroxyl groups is 2. The van der Waals surface area contributed by atoms with E-state index in [1.807, 2.05) is 0 Å². The van der Waals surface area contributed by atoms with Crippen molar-refractivity contribution in [2.75, 3.05) is 13.2 Å². The lowest BCUT2D eigenvalue weighted by Gasteiger charge is -2.37. The summed E-state index contributed by atoms with van der Waals surface area (Å²) in [6, 6.07) is -0.830. The van der Waals surface area contributed by atoms with Crippen LogP contribution in [0.4, 0.5) is 4.79 Å². The summed E-state index contributed by atoms with van der Waals surface area (Å²) in [5.41, 5.74) is 0.182. The summed E-state index contributed by atoms with van der Waals surface area (Å²) in [6.45, 7) is 0.367. The van der Waals surface area contributed by atoms with Crippen LogP contribution >= 0.6 is 0 Å². The molecule has 0 aromatic carbocycles. The molecule has 4 atom stereocenters. The highest BCUT2D eigenvalue weighted by atomic mass is 16.6. The van der Waals surface area contributed by atoms with Gasteiger partial charge in [0.25, 0.3) is 5.91 Å². The predicted molar refractivity (Wildman–Crippen MR) is 66.4 cm³/mol. The van der Waals surface area contributed by atoms with Gasteiger partial charge in [0, 0.05) is 0 Å². The first-order chi connectivity index (χ1) is 9.80. The summed E-state index contributed by atoms with van der Waals surface area (Å²) < 4.78 is 4.64. The third-order valence-corrected chi connectivity index (χ3v) is 3.68. The third-order valence-electron chi connectivity index (χ3n) is 3.68. The number of ether oxygens (including phenoxy) is 1. The van der Waals surface area contributed by atoms with E-state index in [-0.39, 0.29) is 12.0 Å². The molecule has 116 valence electrons. The molecule has 2 rings (SSSR count). The summed E-state index contributed by atoms with van der Waals surface area (Å²) in [5, 5.41) is 30.0. The molecular formula is C12H17N2O7+. The van der Waals surface area contributed by atoms with Crippen molar-refractivity contribution in [1.29, 1.82) is 0 Å². The van der Waals surface area contributed by atoms with Crippen molar-refractivity contribution in [1.82, 2.24) is 5.32 Å². The van der Waals surface area contributed by atoms with Crippen LogP contribution in [0.15, 0.2) is 11.8 Å². The average molecular weight is 301 g/mol. The van der Waals surface area contributed by atoms with E-state index < -0.39 is 54.0 Å². The maximum atomic E-state index is 12.2. The Morgan fingerprint density at radius 1 is 1.52 bits per heavy atom. The van der Waals surface area contributed by atoms with Gasteiger partial charge in [0.2, 0.25) is 6.23 Å². The molecule has 0 radical (unpaired) electrons. The van der Waals surface area contributed by atoms with Crippen molar-refractivity contribution >= 4 is 17.9 Å². The average Bonchev–Trinajstić information content (AvgIpc) is 2.77. The van der Waals surface area contributed by atoms with Crippen molar-refractivity contribution in [3.05, 3.63) is 11.8 Å². The Morgan fingerprint density at radius 2 is 2.19 bits per heavy atom. The molecule has 0 saturated carbocycles. The maximum absolute atomic E-state index is 12.2. The molecule has 21 heavy (non-hydrogen) atoms. The number of urea groups is 1. The largest absolute Gasteiger partial charge is 0.477 e. The fourth-order valence-corrected chi connectivity index (χ4v) is 2.59. The molecule has 9 nitrogen and oxygen atoms in total. The van der Waals surface area contributed by atoms with Crippen LogP contribution < -0.4 is 5.32 Å². The van der Waals surface area contributed by atoms with E-state index in [4.69, 9.17) is 14.9 Å². The third kappa shape index (κ3) is 2.68. The molecule has 4 N–H and O–H groups in total. The van der Waals surface area contributed by atoms with Crippen LogP contribution in [0.5, 0.6) is 0 Å². The van der Waals surface area contributed by atoms with Crippen LogP contribution in [0, 0.1) is 0 Å². The number of hydrogen-bond donors (Lipinski definition) is 4. The van der Waals surface area contributed by atoms with Gasteiger partial charge >= 0.3 is 12.0 Å². The molecule has 0 aliphatic carbocycles. The van der Waals surface area contributed by atoms with Gasteiger partial charge in [0.15, 0.2) is 6.54 Å². The van der Waals surface area contributed by atoms with Gasteiger partial charge in [-0.2, -0.15) is 4.48 Å². The molecule has 2 aliphatic rings. The van der Waals surface area contributed by atoms with Gasteiger partial charge in [-0.1, -0.05) is 0 Å². The molecule has 1 fully saturated rings. The van der Waals surface area contributed by atoms with Gasteiger partial charge in [-0.05, 0) is 6.92 Å². The molecule has 0 spiro atoms. The van der Waals surface area contributed by atoms with Crippen molar-refractivity contribution in [3.8, 4) is 0 Å². The van der Waals surface area contributed by atoms with Gasteiger partial charge in [0.1, 0.15) is 12.3 Å². The smallest absolute Gasteiger partial charge is 0.430 e. The Balaban J connectivity index is 2.41. The number of nitrogens with zero attached hydrogens (tertiary/aromatic N) is 1. The Kier molecular flexibility index (Phi) is 4.10. The lowest BCUT2D eigenvalue weighted by atomic mass is 10.1. The van der Waals surface area contributed by atoms with Crippen molar-refractivity contribution in [2.45, 2.75) is 31.8 Å². The van der Waals surface area contributed by atoms with Crippen LogP contribution in [-0.4, -0.2) is 69.3 Å². The minimum atomic E-state index is -1.26. The van der Waals surface area contributed by atoms with Gasteiger partial charge in [-0.15, -0.1) is 0 Å². The second-order valence-corrected chi connectivity index (χ2v) is 5.17. The Labute approximate surface area is 120 Å². The quantitative estimate of drug-likeness (QED) is 0.465. The van der Waals surface area contributed by atoms with Crippen molar-refractivity contribution in [2.24, 2.45) is 0 Å². The van der Waals surface area contributed by atoms with E-state index in [1.165, 1.54) is 13.1 Å². The molecule has 9 heteroatoms.